The number of likely N-dealkylation sites (tertiary alicyclic amines) is 1. The molecule has 0 radical (unpaired) electrons. The molecule has 0 aromatic heterocycles. The van der Waals surface area contributed by atoms with Gasteiger partial charge in [-0.15, -0.1) is 0 Å². The average Bonchev–Trinajstić information content (AvgIpc) is 2.68. The number of hydrogen-bond donors (Lipinski definition) is 1. The van der Waals surface area contributed by atoms with E-state index in [9.17, 15) is 9.59 Å². The van der Waals surface area contributed by atoms with E-state index in [0.29, 0.717) is 18.2 Å². The van der Waals surface area contributed by atoms with Gasteiger partial charge in [0.25, 0.3) is 0 Å². The van der Waals surface area contributed by atoms with Crippen LogP contribution in [0.25, 0.3) is 0 Å². The quantitative estimate of drug-likeness (QED) is 0.845. The number of aryl methyl sites for hydroxylation is 1. The molecule has 1 heterocycles. The molecule has 1 saturated carbocycles. The highest BCUT2D eigenvalue weighted by Gasteiger charge is 2.26. The molecule has 1 aromatic rings. The van der Waals surface area contributed by atoms with Crippen molar-refractivity contribution in [3.05, 3.63) is 35.9 Å². The molecule has 0 bridgehead atoms. The monoisotopic (exact) mass is 356 g/mol. The zero-order valence-electron chi connectivity index (χ0n) is 15.8. The fourth-order valence-electron chi connectivity index (χ4n) is 4.24. The maximum atomic E-state index is 12.5. The van der Waals surface area contributed by atoms with Crippen LogP contribution in [0.1, 0.15) is 63.4 Å². The first-order valence-corrected chi connectivity index (χ1v) is 10.3. The Labute approximate surface area is 157 Å². The number of carbonyl (C=O) groups is 2. The van der Waals surface area contributed by atoms with E-state index in [-0.39, 0.29) is 11.9 Å². The summed E-state index contributed by atoms with van der Waals surface area (Å²) in [6.07, 6.45) is 10.2. The van der Waals surface area contributed by atoms with E-state index in [4.69, 9.17) is 0 Å². The average molecular weight is 357 g/mol. The summed E-state index contributed by atoms with van der Waals surface area (Å²) in [5.41, 5.74) is 1.20. The van der Waals surface area contributed by atoms with E-state index in [0.717, 1.165) is 38.8 Å². The highest BCUT2D eigenvalue weighted by Crippen LogP contribution is 2.27. The molecule has 3 rings (SSSR count). The summed E-state index contributed by atoms with van der Waals surface area (Å²) in [7, 11) is 0. The van der Waals surface area contributed by atoms with Gasteiger partial charge in [-0.05, 0) is 43.6 Å². The van der Waals surface area contributed by atoms with Crippen LogP contribution in [0.2, 0.25) is 0 Å². The molecular weight excluding hydrogens is 324 g/mol. The van der Waals surface area contributed by atoms with E-state index in [1.807, 2.05) is 23.1 Å². The molecule has 2 amide bonds. The van der Waals surface area contributed by atoms with Crippen LogP contribution in [0.3, 0.4) is 0 Å². The molecule has 4 heteroatoms. The Morgan fingerprint density at radius 3 is 2.35 bits per heavy atom. The van der Waals surface area contributed by atoms with Gasteiger partial charge in [-0.2, -0.15) is 0 Å². The normalized spacial score (nSPS) is 19.3. The first-order valence-electron chi connectivity index (χ1n) is 10.3. The van der Waals surface area contributed by atoms with Gasteiger partial charge < -0.3 is 10.2 Å². The minimum atomic E-state index is 0.126. The smallest absolute Gasteiger partial charge is 0.222 e. The Morgan fingerprint density at radius 1 is 0.962 bits per heavy atom. The summed E-state index contributed by atoms with van der Waals surface area (Å²) in [6, 6.07) is 10.3. The Kier molecular flexibility index (Phi) is 7.10. The van der Waals surface area contributed by atoms with Crippen LogP contribution in [0, 0.1) is 5.92 Å². The van der Waals surface area contributed by atoms with E-state index in [1.165, 1.54) is 37.7 Å². The molecule has 2 fully saturated rings. The third-order valence-electron chi connectivity index (χ3n) is 5.88. The molecule has 1 aromatic carbocycles. The number of hydrogen-bond acceptors (Lipinski definition) is 2. The van der Waals surface area contributed by atoms with Crippen LogP contribution in [-0.4, -0.2) is 35.8 Å². The predicted molar refractivity (Wildman–Crippen MR) is 104 cm³/mol. The topological polar surface area (TPSA) is 49.4 Å². The lowest BCUT2D eigenvalue weighted by molar-refractivity contribution is -0.133. The molecule has 2 aliphatic rings. The maximum absolute atomic E-state index is 12.5. The fourth-order valence-corrected chi connectivity index (χ4v) is 4.24. The molecule has 142 valence electrons. The molecule has 4 nitrogen and oxygen atoms in total. The van der Waals surface area contributed by atoms with Gasteiger partial charge >= 0.3 is 0 Å². The Bertz CT molecular complexity index is 573. The van der Waals surface area contributed by atoms with Crippen LogP contribution in [0.15, 0.2) is 30.3 Å². The lowest BCUT2D eigenvalue weighted by Gasteiger charge is -2.33. The molecule has 0 atom stereocenters. The molecule has 1 N–H and O–H groups in total. The largest absolute Gasteiger partial charge is 0.353 e. The standard InChI is InChI=1S/C22H32N2O2/c25-21(12-11-18-7-3-1-4-8-18)23-20-13-15-24(16-14-20)22(26)17-19-9-5-2-6-10-19/h1,3-4,7-8,19-20H,2,5-6,9-17H2,(H,23,25). The van der Waals surface area contributed by atoms with Gasteiger partial charge in [-0.3, -0.25) is 9.59 Å². The number of nitrogens with one attached hydrogen (secondary N) is 1. The van der Waals surface area contributed by atoms with Crippen LogP contribution in [0.4, 0.5) is 0 Å². The zero-order valence-corrected chi connectivity index (χ0v) is 15.8. The number of amides is 2. The number of nitrogens with zero attached hydrogens (tertiary/aromatic N) is 1. The van der Waals surface area contributed by atoms with E-state index >= 15 is 0 Å². The van der Waals surface area contributed by atoms with Gasteiger partial charge in [0, 0.05) is 32.0 Å². The summed E-state index contributed by atoms with van der Waals surface area (Å²) >= 11 is 0. The summed E-state index contributed by atoms with van der Waals surface area (Å²) in [5, 5.41) is 3.15. The van der Waals surface area contributed by atoms with Crippen molar-refractivity contribution in [2.45, 2.75) is 70.3 Å². The van der Waals surface area contributed by atoms with E-state index < -0.39 is 0 Å². The van der Waals surface area contributed by atoms with Crippen molar-refractivity contribution in [3.63, 3.8) is 0 Å². The summed E-state index contributed by atoms with van der Waals surface area (Å²) in [6.45, 7) is 1.57. The Balaban J connectivity index is 1.34. The molecule has 1 saturated heterocycles. The van der Waals surface area contributed by atoms with E-state index in [1.54, 1.807) is 0 Å². The third-order valence-corrected chi connectivity index (χ3v) is 5.88. The van der Waals surface area contributed by atoms with Crippen molar-refractivity contribution >= 4 is 11.8 Å². The molecule has 26 heavy (non-hydrogen) atoms. The molecule has 1 aliphatic carbocycles. The highest BCUT2D eigenvalue weighted by atomic mass is 16.2. The minimum absolute atomic E-state index is 0.126. The second kappa shape index (κ2) is 9.75. The summed E-state index contributed by atoms with van der Waals surface area (Å²) in [5.74, 6) is 1.05. The Hall–Kier alpha value is -1.84. The molecule has 0 spiro atoms. The van der Waals surface area contributed by atoms with Gasteiger partial charge in [0.05, 0.1) is 0 Å². The summed E-state index contributed by atoms with van der Waals surface area (Å²) in [4.78, 5) is 26.7. The number of piperidine rings is 1. The van der Waals surface area contributed by atoms with E-state index in [2.05, 4.69) is 17.4 Å². The van der Waals surface area contributed by atoms with Gasteiger partial charge in [-0.25, -0.2) is 0 Å². The van der Waals surface area contributed by atoms with Crippen molar-refractivity contribution in [1.29, 1.82) is 0 Å². The second-order valence-electron chi connectivity index (χ2n) is 7.92. The van der Waals surface area contributed by atoms with Crippen LogP contribution in [-0.2, 0) is 16.0 Å². The van der Waals surface area contributed by atoms with Crippen molar-refractivity contribution < 1.29 is 9.59 Å². The van der Waals surface area contributed by atoms with Gasteiger partial charge in [0.2, 0.25) is 11.8 Å². The molecule has 0 unspecified atom stereocenters. The second-order valence-corrected chi connectivity index (χ2v) is 7.92. The first-order chi connectivity index (χ1) is 12.7. The van der Waals surface area contributed by atoms with Crippen LogP contribution in [0.5, 0.6) is 0 Å². The lowest BCUT2D eigenvalue weighted by Crippen LogP contribution is -2.46. The first kappa shape index (κ1) is 18.9. The van der Waals surface area contributed by atoms with Gasteiger partial charge in [0.15, 0.2) is 0 Å². The predicted octanol–water partition coefficient (Wildman–Crippen LogP) is 3.70. The minimum Gasteiger partial charge on any atom is -0.353 e. The van der Waals surface area contributed by atoms with Crippen LogP contribution < -0.4 is 5.32 Å². The van der Waals surface area contributed by atoms with Crippen LogP contribution >= 0.6 is 0 Å². The third kappa shape index (κ3) is 5.86. The SMILES string of the molecule is O=C(CCc1ccccc1)NC1CCN(C(=O)CC2CCCCC2)CC1. The number of carbonyl (C=O) groups excluding carboxylic acids is 2. The fraction of sp³-hybridized carbons (Fsp3) is 0.636. The molecule has 1 aliphatic heterocycles. The lowest BCUT2D eigenvalue weighted by atomic mass is 9.86. The highest BCUT2D eigenvalue weighted by molar-refractivity contribution is 5.77. The molecular formula is C22H32N2O2. The van der Waals surface area contributed by atoms with Gasteiger partial charge in [0.1, 0.15) is 0 Å². The summed E-state index contributed by atoms with van der Waals surface area (Å²) < 4.78 is 0. The number of rotatable bonds is 6. The zero-order chi connectivity index (χ0) is 18.2. The van der Waals surface area contributed by atoms with Crippen molar-refractivity contribution in [2.24, 2.45) is 5.92 Å². The van der Waals surface area contributed by atoms with Crippen molar-refractivity contribution in [3.8, 4) is 0 Å². The van der Waals surface area contributed by atoms with Gasteiger partial charge in [-0.1, -0.05) is 49.6 Å². The van der Waals surface area contributed by atoms with Crippen molar-refractivity contribution in [2.75, 3.05) is 13.1 Å². The maximum Gasteiger partial charge on any atom is 0.222 e. The van der Waals surface area contributed by atoms with Crippen molar-refractivity contribution in [1.82, 2.24) is 10.2 Å². The number of benzene rings is 1. The Morgan fingerprint density at radius 2 is 1.65 bits per heavy atom.